The lowest BCUT2D eigenvalue weighted by Crippen LogP contribution is -2.49. The third-order valence-corrected chi connectivity index (χ3v) is 7.95. The van der Waals surface area contributed by atoms with Crippen molar-refractivity contribution in [2.45, 2.75) is 82.4 Å². The summed E-state index contributed by atoms with van der Waals surface area (Å²) in [6.07, 6.45) is 1.86. The van der Waals surface area contributed by atoms with Crippen LogP contribution in [0.1, 0.15) is 86.4 Å². The van der Waals surface area contributed by atoms with Crippen molar-refractivity contribution in [3.8, 4) is 0 Å². The Labute approximate surface area is 202 Å². The van der Waals surface area contributed by atoms with E-state index in [-0.39, 0.29) is 29.3 Å². The Morgan fingerprint density at radius 2 is 1.76 bits per heavy atom. The molecule has 1 aliphatic carbocycles. The van der Waals surface area contributed by atoms with Crippen LogP contribution in [0, 0.1) is 6.92 Å². The molecule has 9 heteroatoms. The molecule has 1 saturated heterocycles. The number of methoxy groups -OCH3 is 1. The van der Waals surface area contributed by atoms with Crippen LogP contribution in [0.5, 0.6) is 0 Å². The van der Waals surface area contributed by atoms with Gasteiger partial charge in [0.15, 0.2) is 10.6 Å². The van der Waals surface area contributed by atoms with Gasteiger partial charge in [0.1, 0.15) is 0 Å². The van der Waals surface area contributed by atoms with E-state index >= 15 is 0 Å². The number of carbonyl (C=O) groups excluding carboxylic acids is 1. The number of amides is 1. The second kappa shape index (κ2) is 9.09. The number of ether oxygens (including phenoxy) is 2. The van der Waals surface area contributed by atoms with Crippen LogP contribution in [0.3, 0.4) is 0 Å². The van der Waals surface area contributed by atoms with Crippen molar-refractivity contribution < 1.29 is 22.7 Å². The molecule has 1 aromatic carbocycles. The van der Waals surface area contributed by atoms with E-state index < -0.39 is 21.5 Å². The SMILES string of the molecule is COC1(c2cc(S(=O)(=O)NC(=O)Cc3c(C(C)C)cc(C)cc3C(C)C)nn2C2CC2)COC1. The third-order valence-electron chi connectivity index (χ3n) is 6.70. The monoisotopic (exact) mass is 489 g/mol. The normalized spacial score (nSPS) is 17.8. The number of nitrogens with one attached hydrogen (secondary N) is 1. The minimum atomic E-state index is -4.14. The highest BCUT2D eigenvalue weighted by Crippen LogP contribution is 2.42. The Kier molecular flexibility index (Phi) is 6.65. The number of sulfonamides is 1. The quantitative estimate of drug-likeness (QED) is 0.577. The molecule has 0 spiro atoms. The number of aryl methyl sites for hydroxylation is 1. The van der Waals surface area contributed by atoms with Crippen LogP contribution in [0.25, 0.3) is 0 Å². The summed E-state index contributed by atoms with van der Waals surface area (Å²) in [5.41, 5.74) is 4.16. The summed E-state index contributed by atoms with van der Waals surface area (Å²) in [6.45, 7) is 11.1. The van der Waals surface area contributed by atoms with Gasteiger partial charge in [-0.15, -0.1) is 0 Å². The van der Waals surface area contributed by atoms with E-state index in [1.54, 1.807) is 11.8 Å². The lowest BCUT2D eigenvalue weighted by molar-refractivity contribution is -0.206. The maximum Gasteiger partial charge on any atom is 0.283 e. The molecule has 1 saturated carbocycles. The van der Waals surface area contributed by atoms with E-state index in [1.165, 1.54) is 6.07 Å². The second-order valence-corrected chi connectivity index (χ2v) is 11.8. The first kappa shape index (κ1) is 24.9. The molecule has 2 aliphatic rings. The van der Waals surface area contributed by atoms with E-state index in [1.807, 2.05) is 6.92 Å². The molecular weight excluding hydrogens is 454 g/mol. The Hall–Kier alpha value is -2.23. The fourth-order valence-electron chi connectivity index (χ4n) is 4.61. The summed E-state index contributed by atoms with van der Waals surface area (Å²) in [4.78, 5) is 13.0. The molecule has 34 heavy (non-hydrogen) atoms. The summed E-state index contributed by atoms with van der Waals surface area (Å²) in [6, 6.07) is 5.84. The van der Waals surface area contributed by atoms with E-state index in [2.05, 4.69) is 49.6 Å². The van der Waals surface area contributed by atoms with Crippen molar-refractivity contribution in [1.29, 1.82) is 0 Å². The average molecular weight is 490 g/mol. The minimum Gasteiger partial charge on any atom is -0.374 e. The molecule has 1 aromatic heterocycles. The van der Waals surface area contributed by atoms with Gasteiger partial charge >= 0.3 is 0 Å². The number of hydrogen-bond acceptors (Lipinski definition) is 6. The standard InChI is InChI=1S/C25H35N3O5S/c1-15(2)19-9-17(5)10-20(16(3)4)21(19)11-23(29)27-34(30,31)24-12-22(25(32-6)13-33-14-25)28(26-24)18-7-8-18/h9-10,12,15-16,18H,7-8,11,13-14H2,1-6H3,(H,27,29). The summed E-state index contributed by atoms with van der Waals surface area (Å²) < 4.78 is 41.4. The van der Waals surface area contributed by atoms with Crippen molar-refractivity contribution in [1.82, 2.24) is 14.5 Å². The zero-order chi connectivity index (χ0) is 24.8. The van der Waals surface area contributed by atoms with Crippen molar-refractivity contribution in [3.63, 3.8) is 0 Å². The Morgan fingerprint density at radius 1 is 1.18 bits per heavy atom. The molecular formula is C25H35N3O5S. The van der Waals surface area contributed by atoms with E-state index in [0.29, 0.717) is 18.9 Å². The van der Waals surface area contributed by atoms with E-state index in [9.17, 15) is 13.2 Å². The number of hydrogen-bond donors (Lipinski definition) is 1. The van der Waals surface area contributed by atoms with Gasteiger partial charge in [0.25, 0.3) is 10.0 Å². The Morgan fingerprint density at radius 3 is 2.21 bits per heavy atom. The van der Waals surface area contributed by atoms with Gasteiger partial charge in [-0.1, -0.05) is 45.4 Å². The maximum absolute atomic E-state index is 13.2. The Bertz CT molecular complexity index is 1160. The maximum atomic E-state index is 13.2. The number of carbonyl (C=O) groups is 1. The molecule has 1 aliphatic heterocycles. The summed E-state index contributed by atoms with van der Waals surface area (Å²) in [5.74, 6) is -0.143. The van der Waals surface area contributed by atoms with Gasteiger partial charge in [-0.05, 0) is 48.3 Å². The van der Waals surface area contributed by atoms with Crippen LogP contribution in [0.15, 0.2) is 23.2 Å². The zero-order valence-corrected chi connectivity index (χ0v) is 21.7. The van der Waals surface area contributed by atoms with Crippen LogP contribution in [-0.2, 0) is 36.3 Å². The molecule has 1 amide bonds. The first-order valence-electron chi connectivity index (χ1n) is 11.9. The van der Waals surface area contributed by atoms with Crippen molar-refractivity contribution in [2.75, 3.05) is 20.3 Å². The molecule has 0 atom stereocenters. The summed E-state index contributed by atoms with van der Waals surface area (Å²) in [5, 5.41) is 4.22. The first-order chi connectivity index (χ1) is 16.0. The van der Waals surface area contributed by atoms with Crippen LogP contribution in [0.2, 0.25) is 0 Å². The van der Waals surface area contributed by atoms with Crippen LogP contribution in [0.4, 0.5) is 0 Å². The first-order valence-corrected chi connectivity index (χ1v) is 13.4. The predicted octanol–water partition coefficient (Wildman–Crippen LogP) is 3.69. The average Bonchev–Trinajstić information content (AvgIpc) is 3.46. The smallest absolute Gasteiger partial charge is 0.283 e. The molecule has 2 heterocycles. The molecule has 0 bridgehead atoms. The van der Waals surface area contributed by atoms with Crippen LogP contribution >= 0.6 is 0 Å². The molecule has 4 rings (SSSR count). The number of benzene rings is 1. The second-order valence-electron chi connectivity index (χ2n) is 10.2. The Balaban J connectivity index is 1.61. The number of nitrogens with zero attached hydrogens (tertiary/aromatic N) is 2. The molecule has 0 radical (unpaired) electrons. The number of aromatic nitrogens is 2. The topological polar surface area (TPSA) is 99.5 Å². The lowest BCUT2D eigenvalue weighted by atomic mass is 9.85. The molecule has 2 aromatic rings. The van der Waals surface area contributed by atoms with Gasteiger partial charge in [-0.2, -0.15) is 13.5 Å². The van der Waals surface area contributed by atoms with E-state index in [0.717, 1.165) is 35.1 Å². The molecule has 2 fully saturated rings. The number of rotatable bonds is 9. The van der Waals surface area contributed by atoms with Gasteiger partial charge in [0.2, 0.25) is 5.91 Å². The highest BCUT2D eigenvalue weighted by molar-refractivity contribution is 7.90. The van der Waals surface area contributed by atoms with Crippen molar-refractivity contribution in [2.24, 2.45) is 0 Å². The molecule has 0 unspecified atom stereocenters. The molecule has 186 valence electrons. The minimum absolute atomic E-state index is 0.00737. The van der Waals surface area contributed by atoms with Crippen molar-refractivity contribution in [3.05, 3.63) is 46.1 Å². The third kappa shape index (κ3) is 4.65. The predicted molar refractivity (Wildman–Crippen MR) is 128 cm³/mol. The summed E-state index contributed by atoms with van der Waals surface area (Å²) >= 11 is 0. The van der Waals surface area contributed by atoms with Gasteiger partial charge in [-0.3, -0.25) is 9.48 Å². The van der Waals surface area contributed by atoms with E-state index in [4.69, 9.17) is 9.47 Å². The zero-order valence-electron chi connectivity index (χ0n) is 20.8. The van der Waals surface area contributed by atoms with Gasteiger partial charge < -0.3 is 9.47 Å². The van der Waals surface area contributed by atoms with Crippen molar-refractivity contribution >= 4 is 15.9 Å². The highest BCUT2D eigenvalue weighted by Gasteiger charge is 2.46. The van der Waals surface area contributed by atoms with Gasteiger partial charge in [0, 0.05) is 13.2 Å². The summed E-state index contributed by atoms with van der Waals surface area (Å²) in [7, 11) is -2.56. The molecule has 1 N–H and O–H groups in total. The van der Waals surface area contributed by atoms with Crippen LogP contribution in [-0.4, -0.2) is 44.4 Å². The molecule has 8 nitrogen and oxygen atoms in total. The highest BCUT2D eigenvalue weighted by atomic mass is 32.2. The fraction of sp³-hybridized carbons (Fsp3) is 0.600. The largest absolute Gasteiger partial charge is 0.374 e. The fourth-order valence-corrected chi connectivity index (χ4v) is 5.54. The van der Waals surface area contributed by atoms with Gasteiger partial charge in [-0.25, -0.2) is 4.72 Å². The lowest BCUT2D eigenvalue weighted by Gasteiger charge is -2.40. The van der Waals surface area contributed by atoms with Gasteiger partial charge in [0.05, 0.1) is 31.4 Å². The van der Waals surface area contributed by atoms with Crippen LogP contribution < -0.4 is 4.72 Å².